The number of rotatable bonds is 1. The fourth-order valence-electron chi connectivity index (χ4n) is 1.75. The van der Waals surface area contributed by atoms with E-state index >= 15 is 0 Å². The second kappa shape index (κ2) is 4.23. The summed E-state index contributed by atoms with van der Waals surface area (Å²) in [5.41, 5.74) is 2.00. The quantitative estimate of drug-likeness (QED) is 0.681. The monoisotopic (exact) mass is 258 g/mol. The van der Waals surface area contributed by atoms with Gasteiger partial charge >= 0.3 is 5.65 Å². The molecule has 5 heteroatoms. The van der Waals surface area contributed by atoms with Gasteiger partial charge in [-0.2, -0.15) is 0 Å². The average Bonchev–Trinajstić information content (AvgIpc) is 2.39. The lowest BCUT2D eigenvalue weighted by Gasteiger charge is -1.98. The number of fused-ring (bicyclic) bond motifs is 1. The third kappa shape index (κ3) is 1.87. The molecule has 2 heterocycles. The van der Waals surface area contributed by atoms with Gasteiger partial charge in [0.05, 0.1) is 0 Å². The van der Waals surface area contributed by atoms with E-state index in [1.165, 1.54) is 10.7 Å². The molecule has 0 fully saturated rings. The van der Waals surface area contributed by atoms with E-state index in [4.69, 9.17) is 11.6 Å². The zero-order valence-electron chi connectivity index (χ0n) is 9.29. The van der Waals surface area contributed by atoms with Crippen molar-refractivity contribution in [2.24, 2.45) is 0 Å². The van der Waals surface area contributed by atoms with E-state index in [1.807, 2.05) is 30.3 Å². The summed E-state index contributed by atoms with van der Waals surface area (Å²) in [4.78, 5) is 4.38. The first kappa shape index (κ1) is 10.9. The van der Waals surface area contributed by atoms with Crippen LogP contribution in [-0.2, 0) is 0 Å². The first-order valence-electron chi connectivity index (χ1n) is 5.38. The minimum absolute atomic E-state index is 0.0634. The first-order chi connectivity index (χ1) is 8.74. The van der Waals surface area contributed by atoms with Crippen LogP contribution >= 0.6 is 11.6 Å². The van der Waals surface area contributed by atoms with E-state index in [1.54, 1.807) is 12.1 Å². The Morgan fingerprint density at radius 2 is 1.83 bits per heavy atom. The molecule has 2 aromatic heterocycles. The molecule has 3 rings (SSSR count). The van der Waals surface area contributed by atoms with Crippen molar-refractivity contribution < 1.29 is 9.62 Å². The molecule has 4 nitrogen and oxygen atoms in total. The normalized spacial score (nSPS) is 10.7. The Kier molecular flexibility index (Phi) is 2.57. The molecular weight excluding hydrogens is 250 g/mol. The van der Waals surface area contributed by atoms with Crippen molar-refractivity contribution in [2.45, 2.75) is 0 Å². The topological polar surface area (TPSA) is 50.1 Å². The van der Waals surface area contributed by atoms with Crippen molar-refractivity contribution in [3.63, 3.8) is 0 Å². The molecule has 0 amide bonds. The number of halogens is 1. The van der Waals surface area contributed by atoms with Gasteiger partial charge in [0, 0.05) is 11.6 Å². The van der Waals surface area contributed by atoms with Crippen molar-refractivity contribution in [1.29, 1.82) is 0 Å². The minimum Gasteiger partial charge on any atom is -0.501 e. The van der Waals surface area contributed by atoms with Gasteiger partial charge in [0.25, 0.3) is 0 Å². The van der Waals surface area contributed by atoms with Crippen molar-refractivity contribution in [3.8, 4) is 17.0 Å². The standard InChI is InChI=1S/C13H8ClN3O/c14-11-6-7-12-15-13(9-4-2-1-3-5-9)10(18)8-17(12)16-11/h1-8H/p+1. The molecule has 88 valence electrons. The van der Waals surface area contributed by atoms with Gasteiger partial charge in [-0.15, -0.1) is 0 Å². The molecule has 0 spiro atoms. The molecule has 0 unspecified atom stereocenters. The highest BCUT2D eigenvalue weighted by atomic mass is 35.5. The number of nitrogens with zero attached hydrogens (tertiary/aromatic N) is 3. The lowest BCUT2D eigenvalue weighted by atomic mass is 10.1. The smallest absolute Gasteiger partial charge is 0.349 e. The Labute approximate surface area is 108 Å². The summed E-state index contributed by atoms with van der Waals surface area (Å²) < 4.78 is 1.45. The van der Waals surface area contributed by atoms with Crippen LogP contribution in [0.1, 0.15) is 0 Å². The van der Waals surface area contributed by atoms with Crippen molar-refractivity contribution >= 4 is 17.2 Å². The lowest BCUT2D eigenvalue weighted by Crippen LogP contribution is -2.27. The van der Waals surface area contributed by atoms with Crippen molar-refractivity contribution in [1.82, 2.24) is 10.1 Å². The molecule has 1 aromatic carbocycles. The van der Waals surface area contributed by atoms with Gasteiger partial charge in [-0.25, -0.2) is 0 Å². The van der Waals surface area contributed by atoms with Crippen LogP contribution in [0.25, 0.3) is 16.9 Å². The molecule has 0 saturated carbocycles. The Bertz CT molecular complexity index is 716. The van der Waals surface area contributed by atoms with Gasteiger partial charge in [0.2, 0.25) is 11.4 Å². The van der Waals surface area contributed by atoms with Crippen LogP contribution in [0.5, 0.6) is 5.75 Å². The van der Waals surface area contributed by atoms with Crippen LogP contribution < -0.4 is 4.52 Å². The van der Waals surface area contributed by atoms with E-state index in [0.29, 0.717) is 16.5 Å². The fraction of sp³-hybridized carbons (Fsp3) is 0. The van der Waals surface area contributed by atoms with E-state index in [-0.39, 0.29) is 5.75 Å². The lowest BCUT2D eigenvalue weighted by molar-refractivity contribution is -0.583. The molecule has 0 radical (unpaired) electrons. The Balaban J connectivity index is 2.25. The van der Waals surface area contributed by atoms with Crippen LogP contribution in [0.4, 0.5) is 0 Å². The third-order valence-corrected chi connectivity index (χ3v) is 2.77. The number of aromatic nitrogens is 3. The van der Waals surface area contributed by atoms with Crippen LogP contribution in [0.2, 0.25) is 5.15 Å². The van der Waals surface area contributed by atoms with Gasteiger partial charge in [0.1, 0.15) is 0 Å². The highest BCUT2D eigenvalue weighted by Crippen LogP contribution is 2.25. The van der Waals surface area contributed by atoms with Crippen molar-refractivity contribution in [3.05, 3.63) is 53.8 Å². The number of benzene rings is 1. The molecule has 0 bridgehead atoms. The number of aromatic hydroxyl groups is 1. The van der Waals surface area contributed by atoms with E-state index in [9.17, 15) is 5.11 Å². The molecule has 3 aromatic rings. The first-order valence-corrected chi connectivity index (χ1v) is 5.75. The SMILES string of the molecule is Oc1c[n+]2nc(Cl)ccc2nc1-c1ccccc1. The second-order valence-electron chi connectivity index (χ2n) is 3.80. The van der Waals surface area contributed by atoms with Gasteiger partial charge in [-0.05, 0) is 11.1 Å². The van der Waals surface area contributed by atoms with Crippen LogP contribution in [0, 0.1) is 0 Å². The minimum atomic E-state index is 0.0634. The summed E-state index contributed by atoms with van der Waals surface area (Å²) in [6.45, 7) is 0. The summed E-state index contributed by atoms with van der Waals surface area (Å²) in [5.74, 6) is 0.0634. The van der Waals surface area contributed by atoms with Gasteiger partial charge in [0.15, 0.2) is 11.3 Å². The van der Waals surface area contributed by atoms with Gasteiger partial charge in [-0.3, -0.25) is 0 Å². The highest BCUT2D eigenvalue weighted by molar-refractivity contribution is 6.29. The molecular formula is C13H9ClN3O+. The largest absolute Gasteiger partial charge is 0.501 e. The summed E-state index contributed by atoms with van der Waals surface area (Å²) in [6, 6.07) is 12.9. The summed E-state index contributed by atoms with van der Waals surface area (Å²) in [7, 11) is 0. The van der Waals surface area contributed by atoms with E-state index in [2.05, 4.69) is 10.1 Å². The summed E-state index contributed by atoms with van der Waals surface area (Å²) >= 11 is 5.79. The predicted octanol–water partition coefficient (Wildman–Crippen LogP) is 2.24. The second-order valence-corrected chi connectivity index (χ2v) is 4.19. The summed E-state index contributed by atoms with van der Waals surface area (Å²) in [6.07, 6.45) is 1.50. The summed E-state index contributed by atoms with van der Waals surface area (Å²) in [5, 5.41) is 14.4. The Morgan fingerprint density at radius 1 is 1.06 bits per heavy atom. The van der Waals surface area contributed by atoms with Crippen LogP contribution in [0.3, 0.4) is 0 Å². The highest BCUT2D eigenvalue weighted by Gasteiger charge is 2.17. The molecule has 0 aliphatic carbocycles. The molecule has 0 atom stereocenters. The maximum Gasteiger partial charge on any atom is 0.349 e. The third-order valence-electron chi connectivity index (χ3n) is 2.57. The zero-order valence-corrected chi connectivity index (χ0v) is 10.0. The maximum absolute atomic E-state index is 9.99. The average molecular weight is 259 g/mol. The molecule has 0 aliphatic heterocycles. The van der Waals surface area contributed by atoms with E-state index in [0.717, 1.165) is 5.56 Å². The Hall–Kier alpha value is -2.20. The predicted molar refractivity (Wildman–Crippen MR) is 67.3 cm³/mol. The van der Waals surface area contributed by atoms with Crippen molar-refractivity contribution in [2.75, 3.05) is 0 Å². The number of hydrogen-bond acceptors (Lipinski definition) is 3. The van der Waals surface area contributed by atoms with E-state index < -0.39 is 0 Å². The van der Waals surface area contributed by atoms with Gasteiger partial charge < -0.3 is 5.11 Å². The molecule has 0 aliphatic rings. The maximum atomic E-state index is 9.99. The molecule has 1 N–H and O–H groups in total. The molecule has 18 heavy (non-hydrogen) atoms. The van der Waals surface area contributed by atoms with Crippen LogP contribution in [0.15, 0.2) is 48.7 Å². The fourth-order valence-corrected chi connectivity index (χ4v) is 1.89. The molecule has 0 saturated heterocycles. The van der Waals surface area contributed by atoms with Crippen LogP contribution in [-0.4, -0.2) is 15.2 Å². The van der Waals surface area contributed by atoms with Gasteiger partial charge in [-0.1, -0.05) is 51.5 Å². The zero-order chi connectivity index (χ0) is 12.5. The Morgan fingerprint density at radius 3 is 2.61 bits per heavy atom. The number of hydrogen-bond donors (Lipinski definition) is 1.